The number of carbonyl (C=O) groups is 3. The second-order valence-corrected chi connectivity index (χ2v) is 14.8. The third-order valence-electron chi connectivity index (χ3n) is 10.9. The Kier molecular flexibility index (Phi) is 9.35. The van der Waals surface area contributed by atoms with Gasteiger partial charge in [0.05, 0.1) is 17.9 Å². The first-order valence-corrected chi connectivity index (χ1v) is 18.0. The highest BCUT2D eigenvalue weighted by atomic mass is 79.9. The minimum atomic E-state index is -1.13. The molecule has 1 spiro atoms. The first-order chi connectivity index (χ1) is 22.4. The van der Waals surface area contributed by atoms with Crippen molar-refractivity contribution in [2.45, 2.75) is 81.6 Å². The molecular weight excluding hydrogens is 644 g/mol. The van der Waals surface area contributed by atoms with E-state index in [2.05, 4.69) is 61.8 Å². The number of piperidine rings is 1. The van der Waals surface area contributed by atoms with E-state index in [9.17, 15) is 14.4 Å². The molecule has 8 nitrogen and oxygen atoms in total. The maximum atomic E-state index is 14.3. The molecule has 4 aliphatic heterocycles. The molecule has 2 N–H and O–H groups in total. The van der Waals surface area contributed by atoms with Gasteiger partial charge in [0.1, 0.15) is 11.6 Å². The molecule has 7 rings (SSSR count). The number of fused-ring (bicyclic) bond motifs is 1. The highest BCUT2D eigenvalue weighted by Gasteiger charge is 2.72. The van der Waals surface area contributed by atoms with Crippen LogP contribution in [-0.4, -0.2) is 77.5 Å². The molecule has 1 aliphatic carbocycles. The van der Waals surface area contributed by atoms with Crippen molar-refractivity contribution >= 4 is 39.3 Å². The minimum absolute atomic E-state index is 0.116. The van der Waals surface area contributed by atoms with Crippen molar-refractivity contribution in [3.05, 3.63) is 76.8 Å². The summed E-state index contributed by atoms with van der Waals surface area (Å²) in [6.45, 7) is 3.45. The van der Waals surface area contributed by atoms with Gasteiger partial charge in [-0.2, -0.15) is 0 Å². The molecule has 3 saturated heterocycles. The monoisotopic (exact) mass is 688 g/mol. The molecule has 5 atom stereocenters. The Hall–Kier alpha value is -3.01. The van der Waals surface area contributed by atoms with Crippen molar-refractivity contribution in [2.75, 3.05) is 31.5 Å². The van der Waals surface area contributed by atoms with Crippen LogP contribution in [0.3, 0.4) is 0 Å². The van der Waals surface area contributed by atoms with Gasteiger partial charge in [0.15, 0.2) is 0 Å². The first-order valence-electron chi connectivity index (χ1n) is 17.2. The molecule has 4 fully saturated rings. The Labute approximate surface area is 280 Å². The van der Waals surface area contributed by atoms with Gasteiger partial charge in [-0.3, -0.25) is 14.4 Å². The van der Waals surface area contributed by atoms with Crippen LogP contribution >= 0.6 is 15.9 Å². The topological polar surface area (TPSA) is 91.0 Å². The van der Waals surface area contributed by atoms with E-state index >= 15 is 0 Å². The van der Waals surface area contributed by atoms with Crippen LogP contribution in [0.25, 0.3) is 0 Å². The van der Waals surface area contributed by atoms with Crippen LogP contribution in [0, 0.1) is 17.8 Å². The van der Waals surface area contributed by atoms with E-state index in [1.807, 2.05) is 36.4 Å². The van der Waals surface area contributed by atoms with E-state index in [1.165, 1.54) is 24.8 Å². The molecule has 2 aromatic carbocycles. The zero-order valence-corrected chi connectivity index (χ0v) is 28.0. The second-order valence-electron chi connectivity index (χ2n) is 13.9. The normalized spacial score (nSPS) is 29.7. The van der Waals surface area contributed by atoms with E-state index in [0.29, 0.717) is 18.2 Å². The van der Waals surface area contributed by atoms with E-state index < -0.39 is 29.6 Å². The maximum absolute atomic E-state index is 14.3. The molecule has 1 saturated carbocycles. The SMILES string of the molecule is O=C(Nc1ccc(Br)cc1)[C@H]1[C@H]2C=C[C@]3(O2)[C@H](C(=O)NC2CCCCC2)N(CCCN2CCC(Cc4ccccc4)CC2)C(=O)[C@@H]13. The summed E-state index contributed by atoms with van der Waals surface area (Å²) >= 11 is 3.44. The van der Waals surface area contributed by atoms with Crippen molar-refractivity contribution < 1.29 is 19.1 Å². The van der Waals surface area contributed by atoms with Gasteiger partial charge in [-0.05, 0) is 93.9 Å². The quantitative estimate of drug-likeness (QED) is 0.330. The van der Waals surface area contributed by atoms with Crippen LogP contribution < -0.4 is 10.6 Å². The third kappa shape index (κ3) is 6.30. The van der Waals surface area contributed by atoms with Crippen molar-refractivity contribution in [2.24, 2.45) is 17.8 Å². The average molecular weight is 690 g/mol. The van der Waals surface area contributed by atoms with Gasteiger partial charge in [-0.15, -0.1) is 0 Å². The fourth-order valence-electron chi connectivity index (χ4n) is 8.62. The van der Waals surface area contributed by atoms with Gasteiger partial charge >= 0.3 is 0 Å². The zero-order chi connectivity index (χ0) is 31.7. The summed E-state index contributed by atoms with van der Waals surface area (Å²) in [5.74, 6) is -1.26. The van der Waals surface area contributed by atoms with E-state index in [1.54, 1.807) is 4.90 Å². The minimum Gasteiger partial charge on any atom is -0.359 e. The lowest BCUT2D eigenvalue weighted by molar-refractivity contribution is -0.141. The molecule has 244 valence electrons. The van der Waals surface area contributed by atoms with Crippen LogP contribution in [0.4, 0.5) is 5.69 Å². The molecule has 2 bridgehead atoms. The number of halogens is 1. The predicted octanol–water partition coefficient (Wildman–Crippen LogP) is 5.33. The molecule has 3 amide bonds. The molecule has 46 heavy (non-hydrogen) atoms. The maximum Gasteiger partial charge on any atom is 0.246 e. The highest BCUT2D eigenvalue weighted by molar-refractivity contribution is 9.10. The van der Waals surface area contributed by atoms with Gasteiger partial charge in [-0.25, -0.2) is 0 Å². The Morgan fingerprint density at radius 2 is 1.65 bits per heavy atom. The van der Waals surface area contributed by atoms with Crippen LogP contribution in [0.1, 0.15) is 56.9 Å². The number of rotatable bonds is 10. The largest absolute Gasteiger partial charge is 0.359 e. The predicted molar refractivity (Wildman–Crippen MR) is 181 cm³/mol. The molecule has 4 heterocycles. The highest BCUT2D eigenvalue weighted by Crippen LogP contribution is 2.55. The summed E-state index contributed by atoms with van der Waals surface area (Å²) < 4.78 is 7.46. The summed E-state index contributed by atoms with van der Waals surface area (Å²) in [4.78, 5) is 46.4. The number of carbonyl (C=O) groups excluding carboxylic acids is 3. The molecule has 0 aromatic heterocycles. The Balaban J connectivity index is 1.04. The Morgan fingerprint density at radius 1 is 0.913 bits per heavy atom. The van der Waals surface area contributed by atoms with E-state index in [0.717, 1.165) is 62.6 Å². The molecule has 0 radical (unpaired) electrons. The fourth-order valence-corrected chi connectivity index (χ4v) is 8.88. The van der Waals surface area contributed by atoms with Gasteiger partial charge in [0, 0.05) is 22.7 Å². The zero-order valence-electron chi connectivity index (χ0n) is 26.4. The number of hydrogen-bond donors (Lipinski definition) is 2. The molecule has 5 aliphatic rings. The standard InChI is InChI=1S/C37H45BrN4O4/c38-27-12-14-29(15-13-27)39-34(43)31-30-16-19-37(46-30)32(31)36(45)42(33(37)35(44)40-28-10-5-2-6-11-28)21-7-20-41-22-17-26(18-23-41)24-25-8-3-1-4-9-25/h1,3-4,8-9,12-16,19,26,28,30-33H,2,5-7,10-11,17-18,20-24H2,(H,39,43)(H,40,44)/t30-,31+,32-,33+,37-/m1/s1. The summed E-state index contributed by atoms with van der Waals surface area (Å²) in [6, 6.07) is 17.5. The lowest BCUT2D eigenvalue weighted by atomic mass is 9.74. The lowest BCUT2D eigenvalue weighted by Gasteiger charge is -2.35. The van der Waals surface area contributed by atoms with Crippen molar-refractivity contribution in [1.29, 1.82) is 0 Å². The van der Waals surface area contributed by atoms with Gasteiger partial charge in [0.25, 0.3) is 0 Å². The number of anilines is 1. The number of hydrogen-bond acceptors (Lipinski definition) is 5. The number of nitrogens with zero attached hydrogens (tertiary/aromatic N) is 2. The van der Waals surface area contributed by atoms with Crippen LogP contribution in [0.15, 0.2) is 71.2 Å². The number of likely N-dealkylation sites (tertiary alicyclic amines) is 2. The number of nitrogens with one attached hydrogen (secondary N) is 2. The summed E-state index contributed by atoms with van der Waals surface area (Å²) in [7, 11) is 0. The van der Waals surface area contributed by atoms with Crippen molar-refractivity contribution in [3.63, 3.8) is 0 Å². The van der Waals surface area contributed by atoms with Gasteiger partial charge in [-0.1, -0.05) is 77.7 Å². The van der Waals surface area contributed by atoms with Gasteiger partial charge < -0.3 is 25.2 Å². The molecule has 0 unspecified atom stereocenters. The smallest absolute Gasteiger partial charge is 0.246 e. The van der Waals surface area contributed by atoms with Crippen LogP contribution in [0.2, 0.25) is 0 Å². The second kappa shape index (κ2) is 13.6. The third-order valence-corrected chi connectivity index (χ3v) is 11.5. The number of amides is 3. The van der Waals surface area contributed by atoms with Gasteiger partial charge in [0.2, 0.25) is 17.7 Å². The lowest BCUT2D eigenvalue weighted by Crippen LogP contribution is -2.56. The Bertz CT molecular complexity index is 1440. The van der Waals surface area contributed by atoms with E-state index in [-0.39, 0.29) is 23.8 Å². The number of ether oxygens (including phenoxy) is 1. The van der Waals surface area contributed by atoms with Crippen molar-refractivity contribution in [1.82, 2.24) is 15.1 Å². The van der Waals surface area contributed by atoms with Crippen LogP contribution in [-0.2, 0) is 25.5 Å². The Morgan fingerprint density at radius 3 is 2.39 bits per heavy atom. The summed E-state index contributed by atoms with van der Waals surface area (Å²) in [5.41, 5.74) is 0.943. The molecular formula is C37H45BrN4O4. The first kappa shape index (κ1) is 31.6. The summed E-state index contributed by atoms with van der Waals surface area (Å²) in [6.07, 6.45) is 12.8. The average Bonchev–Trinajstić information content (AvgIpc) is 3.71. The van der Waals surface area contributed by atoms with E-state index in [4.69, 9.17) is 4.74 Å². The summed E-state index contributed by atoms with van der Waals surface area (Å²) in [5, 5.41) is 6.30. The fraction of sp³-hybridized carbons (Fsp3) is 0.541. The van der Waals surface area contributed by atoms with Crippen LogP contribution in [0.5, 0.6) is 0 Å². The number of benzene rings is 2. The molecule has 2 aromatic rings. The molecule has 9 heteroatoms. The van der Waals surface area contributed by atoms with Crippen molar-refractivity contribution in [3.8, 4) is 0 Å².